The molecular formula is C23H26FN3O. The van der Waals surface area contributed by atoms with E-state index in [9.17, 15) is 9.18 Å². The zero-order valence-electron chi connectivity index (χ0n) is 16.3. The lowest BCUT2D eigenvalue weighted by Crippen LogP contribution is -2.38. The van der Waals surface area contributed by atoms with Crippen LogP contribution < -0.4 is 0 Å². The van der Waals surface area contributed by atoms with Gasteiger partial charge in [0, 0.05) is 36.5 Å². The highest BCUT2D eigenvalue weighted by molar-refractivity contribution is 5.98. The summed E-state index contributed by atoms with van der Waals surface area (Å²) in [6.45, 7) is 5.88. The summed E-state index contributed by atoms with van der Waals surface area (Å²) in [5.41, 5.74) is 3.14. The van der Waals surface area contributed by atoms with E-state index in [0.717, 1.165) is 57.0 Å². The first-order chi connectivity index (χ1) is 13.6. The Morgan fingerprint density at radius 3 is 2.68 bits per heavy atom. The van der Waals surface area contributed by atoms with E-state index >= 15 is 0 Å². The van der Waals surface area contributed by atoms with Crippen LogP contribution in [-0.2, 0) is 0 Å². The van der Waals surface area contributed by atoms with E-state index in [1.165, 1.54) is 17.7 Å². The molecule has 0 radical (unpaired) electrons. The van der Waals surface area contributed by atoms with E-state index in [1.807, 2.05) is 18.2 Å². The molecule has 3 aliphatic heterocycles. The summed E-state index contributed by atoms with van der Waals surface area (Å²) in [4.78, 5) is 22.0. The summed E-state index contributed by atoms with van der Waals surface area (Å²) < 4.78 is 13.1. The molecule has 0 atom stereocenters. The number of rotatable bonds is 5. The second-order valence-electron chi connectivity index (χ2n) is 7.72. The molecule has 1 fully saturated rings. The molecule has 0 N–H and O–H groups in total. The Morgan fingerprint density at radius 2 is 1.93 bits per heavy atom. The van der Waals surface area contributed by atoms with Crippen molar-refractivity contribution < 1.29 is 9.18 Å². The Morgan fingerprint density at radius 1 is 1.18 bits per heavy atom. The highest BCUT2D eigenvalue weighted by Crippen LogP contribution is 2.25. The molecule has 1 aromatic carbocycles. The van der Waals surface area contributed by atoms with Crippen molar-refractivity contribution in [3.8, 4) is 0 Å². The molecule has 0 saturated carbocycles. The highest BCUT2D eigenvalue weighted by Gasteiger charge is 2.26. The summed E-state index contributed by atoms with van der Waals surface area (Å²) in [7, 11) is 0. The summed E-state index contributed by atoms with van der Waals surface area (Å²) in [5, 5.41) is 0. The van der Waals surface area contributed by atoms with Crippen LogP contribution >= 0.6 is 0 Å². The SMILES string of the molecule is CC1=C(CCN2CCC(C(=O)c3ccc(F)cc3)CC2)CN2C=CC=CC2=N1. The van der Waals surface area contributed by atoms with Gasteiger partial charge in [0.05, 0.1) is 0 Å². The van der Waals surface area contributed by atoms with Crippen LogP contribution in [0.15, 0.2) is 65.0 Å². The standard InChI is InChI=1S/C23H26FN3O/c1-17-20(16-27-12-3-2-4-22(27)25-17)11-15-26-13-9-19(10-14-26)23(28)18-5-7-21(24)8-6-18/h2-8,12,19H,9-11,13-16H2,1H3. The molecule has 146 valence electrons. The van der Waals surface area contributed by atoms with Gasteiger partial charge in [-0.05, 0) is 81.3 Å². The number of allylic oxidation sites excluding steroid dienone is 3. The van der Waals surface area contributed by atoms with E-state index in [4.69, 9.17) is 4.99 Å². The molecule has 3 heterocycles. The number of amidine groups is 1. The van der Waals surface area contributed by atoms with Crippen molar-refractivity contribution in [2.45, 2.75) is 26.2 Å². The van der Waals surface area contributed by atoms with Gasteiger partial charge in [0.15, 0.2) is 5.78 Å². The average Bonchev–Trinajstić information content (AvgIpc) is 2.72. The molecule has 0 bridgehead atoms. The second kappa shape index (κ2) is 8.23. The Bertz CT molecular complexity index is 858. The lowest BCUT2D eigenvalue weighted by Gasteiger charge is -2.33. The molecule has 4 rings (SSSR count). The van der Waals surface area contributed by atoms with Crippen LogP contribution in [0.25, 0.3) is 0 Å². The van der Waals surface area contributed by atoms with Gasteiger partial charge in [0.25, 0.3) is 0 Å². The van der Waals surface area contributed by atoms with Crippen LogP contribution in [0, 0.1) is 11.7 Å². The minimum Gasteiger partial charge on any atom is -0.329 e. The number of nitrogens with zero attached hydrogens (tertiary/aromatic N) is 3. The lowest BCUT2D eigenvalue weighted by atomic mass is 9.88. The van der Waals surface area contributed by atoms with Gasteiger partial charge in [-0.25, -0.2) is 9.38 Å². The van der Waals surface area contributed by atoms with E-state index < -0.39 is 0 Å². The molecular weight excluding hydrogens is 353 g/mol. The average molecular weight is 379 g/mol. The van der Waals surface area contributed by atoms with Crippen LogP contribution in [0.3, 0.4) is 0 Å². The fourth-order valence-corrected chi connectivity index (χ4v) is 4.10. The zero-order chi connectivity index (χ0) is 19.5. The Kier molecular flexibility index (Phi) is 5.53. The molecule has 1 saturated heterocycles. The van der Waals surface area contributed by atoms with Crippen molar-refractivity contribution in [2.24, 2.45) is 10.9 Å². The van der Waals surface area contributed by atoms with E-state index in [-0.39, 0.29) is 17.5 Å². The lowest BCUT2D eigenvalue weighted by molar-refractivity contribution is 0.0841. The van der Waals surface area contributed by atoms with Crippen molar-refractivity contribution >= 4 is 11.6 Å². The number of hydrogen-bond acceptors (Lipinski definition) is 4. The number of likely N-dealkylation sites (tertiary alicyclic amines) is 1. The molecule has 0 amide bonds. The number of Topliss-reactive ketones (excluding diaryl/α,β-unsaturated/α-hetero) is 1. The maximum absolute atomic E-state index is 13.1. The minimum atomic E-state index is -0.300. The van der Waals surface area contributed by atoms with Gasteiger partial charge in [-0.2, -0.15) is 0 Å². The first kappa shape index (κ1) is 18.8. The van der Waals surface area contributed by atoms with Crippen molar-refractivity contribution in [1.82, 2.24) is 9.80 Å². The number of aliphatic imine (C=N–C) groups is 1. The first-order valence-electron chi connectivity index (χ1n) is 10.0. The molecule has 28 heavy (non-hydrogen) atoms. The molecule has 5 heteroatoms. The van der Waals surface area contributed by atoms with Gasteiger partial charge in [-0.15, -0.1) is 0 Å². The molecule has 0 spiro atoms. The van der Waals surface area contributed by atoms with Gasteiger partial charge in [0.1, 0.15) is 11.7 Å². The molecule has 3 aliphatic rings. The number of carbonyl (C=O) groups is 1. The number of piperidine rings is 1. The normalized spacial score (nSPS) is 20.4. The summed E-state index contributed by atoms with van der Waals surface area (Å²) in [6, 6.07) is 5.93. The van der Waals surface area contributed by atoms with Crippen LogP contribution in [0.1, 0.15) is 36.5 Å². The van der Waals surface area contributed by atoms with Crippen molar-refractivity contribution in [3.05, 3.63) is 71.3 Å². The van der Waals surface area contributed by atoms with Crippen molar-refractivity contribution in [1.29, 1.82) is 0 Å². The second-order valence-corrected chi connectivity index (χ2v) is 7.72. The van der Waals surface area contributed by atoms with E-state index in [1.54, 1.807) is 12.1 Å². The molecule has 1 aromatic rings. The third-order valence-electron chi connectivity index (χ3n) is 5.89. The topological polar surface area (TPSA) is 35.9 Å². The molecule has 0 unspecified atom stereocenters. The fourth-order valence-electron chi connectivity index (χ4n) is 4.10. The van der Waals surface area contributed by atoms with Crippen LogP contribution in [0.2, 0.25) is 0 Å². The number of carbonyl (C=O) groups excluding carboxylic acids is 1. The summed E-state index contributed by atoms with van der Waals surface area (Å²) >= 11 is 0. The molecule has 0 aromatic heterocycles. The first-order valence-corrected chi connectivity index (χ1v) is 10.0. The number of ketones is 1. The number of hydrogen-bond donors (Lipinski definition) is 0. The quantitative estimate of drug-likeness (QED) is 0.720. The van der Waals surface area contributed by atoms with Crippen LogP contribution in [-0.4, -0.2) is 47.6 Å². The third kappa shape index (κ3) is 4.14. The Labute approximate surface area is 165 Å². The zero-order valence-corrected chi connectivity index (χ0v) is 16.3. The monoisotopic (exact) mass is 379 g/mol. The number of fused-ring (bicyclic) bond motifs is 1. The largest absolute Gasteiger partial charge is 0.329 e. The van der Waals surface area contributed by atoms with Crippen molar-refractivity contribution in [2.75, 3.05) is 26.2 Å². The Balaban J connectivity index is 1.28. The van der Waals surface area contributed by atoms with E-state index in [2.05, 4.69) is 22.9 Å². The summed E-state index contributed by atoms with van der Waals surface area (Å²) in [5.74, 6) is 0.919. The number of benzene rings is 1. The fraction of sp³-hybridized carbons (Fsp3) is 0.391. The molecule has 4 nitrogen and oxygen atoms in total. The van der Waals surface area contributed by atoms with Crippen LogP contribution in [0.5, 0.6) is 0 Å². The Hall–Kier alpha value is -2.53. The highest BCUT2D eigenvalue weighted by atomic mass is 19.1. The van der Waals surface area contributed by atoms with Crippen molar-refractivity contribution in [3.63, 3.8) is 0 Å². The van der Waals surface area contributed by atoms with Gasteiger partial charge < -0.3 is 9.80 Å². The maximum atomic E-state index is 13.1. The minimum absolute atomic E-state index is 0.0507. The van der Waals surface area contributed by atoms with Gasteiger partial charge in [0.2, 0.25) is 0 Å². The van der Waals surface area contributed by atoms with Gasteiger partial charge in [-0.3, -0.25) is 4.79 Å². The molecule has 0 aliphatic carbocycles. The third-order valence-corrected chi connectivity index (χ3v) is 5.89. The maximum Gasteiger partial charge on any atom is 0.166 e. The number of halogens is 1. The van der Waals surface area contributed by atoms with Crippen LogP contribution in [0.4, 0.5) is 4.39 Å². The summed E-state index contributed by atoms with van der Waals surface area (Å²) in [6.07, 6.45) is 10.9. The van der Waals surface area contributed by atoms with E-state index in [0.29, 0.717) is 5.56 Å². The smallest absolute Gasteiger partial charge is 0.166 e. The predicted octanol–water partition coefficient (Wildman–Crippen LogP) is 4.18. The predicted molar refractivity (Wildman–Crippen MR) is 110 cm³/mol. The van der Waals surface area contributed by atoms with Gasteiger partial charge >= 0.3 is 0 Å². The van der Waals surface area contributed by atoms with Gasteiger partial charge in [-0.1, -0.05) is 6.08 Å².